The van der Waals surface area contributed by atoms with Gasteiger partial charge in [-0.2, -0.15) is 5.26 Å². The highest BCUT2D eigenvalue weighted by Crippen LogP contribution is 2.40. The Kier molecular flexibility index (Phi) is 4.65. The van der Waals surface area contributed by atoms with Gasteiger partial charge in [-0.05, 0) is 23.2 Å². The highest BCUT2D eigenvalue weighted by molar-refractivity contribution is 4.87. The lowest BCUT2D eigenvalue weighted by Gasteiger charge is -2.36. The van der Waals surface area contributed by atoms with Gasteiger partial charge in [0.25, 0.3) is 0 Å². The summed E-state index contributed by atoms with van der Waals surface area (Å²) in [6.07, 6.45) is 2.98. The van der Waals surface area contributed by atoms with Gasteiger partial charge in [-0.25, -0.2) is 0 Å². The summed E-state index contributed by atoms with van der Waals surface area (Å²) < 4.78 is 0. The summed E-state index contributed by atoms with van der Waals surface area (Å²) in [7, 11) is 0. The summed E-state index contributed by atoms with van der Waals surface area (Å²) in [5.74, 6) is 0.525. The molecule has 14 heavy (non-hydrogen) atoms. The molecule has 1 unspecified atom stereocenters. The van der Waals surface area contributed by atoms with Gasteiger partial charge < -0.3 is 0 Å². The van der Waals surface area contributed by atoms with Crippen molar-refractivity contribution >= 4 is 0 Å². The molecule has 0 N–H and O–H groups in total. The molecule has 0 aromatic carbocycles. The normalized spacial score (nSPS) is 14.9. The molecule has 0 aliphatic heterocycles. The molecule has 0 saturated heterocycles. The molecule has 0 aliphatic rings. The zero-order chi connectivity index (χ0) is 11.4. The van der Waals surface area contributed by atoms with Crippen molar-refractivity contribution in [1.82, 2.24) is 0 Å². The van der Waals surface area contributed by atoms with Gasteiger partial charge in [-0.15, -0.1) is 0 Å². The Balaban J connectivity index is 4.54. The van der Waals surface area contributed by atoms with Crippen LogP contribution >= 0.6 is 0 Å². The summed E-state index contributed by atoms with van der Waals surface area (Å²) in [5, 5.41) is 8.84. The Labute approximate surface area is 89.5 Å². The SMILES string of the molecule is CCC(C)(C)C(CC#N)CC(C)(C)C. The molecule has 0 bridgehead atoms. The van der Waals surface area contributed by atoms with E-state index in [9.17, 15) is 0 Å². The van der Waals surface area contributed by atoms with Crippen molar-refractivity contribution in [1.29, 1.82) is 5.26 Å². The minimum absolute atomic E-state index is 0.295. The molecule has 1 atom stereocenters. The number of hydrogen-bond donors (Lipinski definition) is 0. The molecule has 0 saturated carbocycles. The van der Waals surface area contributed by atoms with E-state index < -0.39 is 0 Å². The fraction of sp³-hybridized carbons (Fsp3) is 0.923. The molecule has 0 fully saturated rings. The van der Waals surface area contributed by atoms with Crippen molar-refractivity contribution in [3.63, 3.8) is 0 Å². The first kappa shape index (κ1) is 13.5. The standard InChI is InChI=1S/C13H25N/c1-7-13(5,6)11(8-9-14)10-12(2,3)4/h11H,7-8,10H2,1-6H3. The van der Waals surface area contributed by atoms with Gasteiger partial charge in [-0.1, -0.05) is 48.0 Å². The maximum absolute atomic E-state index is 8.84. The lowest BCUT2D eigenvalue weighted by Crippen LogP contribution is -2.27. The van der Waals surface area contributed by atoms with Crippen molar-refractivity contribution in [2.45, 2.75) is 60.8 Å². The van der Waals surface area contributed by atoms with Crippen LogP contribution in [0.5, 0.6) is 0 Å². The molecule has 1 heteroatoms. The summed E-state index contributed by atoms with van der Waals surface area (Å²) >= 11 is 0. The molecule has 1 nitrogen and oxygen atoms in total. The van der Waals surface area contributed by atoms with E-state index in [1.807, 2.05) is 0 Å². The van der Waals surface area contributed by atoms with Crippen molar-refractivity contribution in [3.8, 4) is 6.07 Å². The van der Waals surface area contributed by atoms with Crippen LogP contribution in [0.4, 0.5) is 0 Å². The zero-order valence-corrected chi connectivity index (χ0v) is 10.6. The van der Waals surface area contributed by atoms with E-state index in [-0.39, 0.29) is 0 Å². The topological polar surface area (TPSA) is 23.8 Å². The third-order valence-electron chi connectivity index (χ3n) is 3.21. The Bertz CT molecular complexity index is 202. The predicted octanol–water partition coefficient (Wildman–Crippen LogP) is 4.39. The van der Waals surface area contributed by atoms with E-state index in [1.165, 1.54) is 0 Å². The van der Waals surface area contributed by atoms with E-state index in [4.69, 9.17) is 5.26 Å². The largest absolute Gasteiger partial charge is 0.198 e. The van der Waals surface area contributed by atoms with Gasteiger partial charge in [0.1, 0.15) is 0 Å². The fourth-order valence-electron chi connectivity index (χ4n) is 1.76. The van der Waals surface area contributed by atoms with Crippen molar-refractivity contribution in [3.05, 3.63) is 0 Å². The second kappa shape index (κ2) is 4.82. The van der Waals surface area contributed by atoms with Crippen LogP contribution in [0.2, 0.25) is 0 Å². The average Bonchev–Trinajstić information content (AvgIpc) is 2.01. The molecule has 0 amide bonds. The molecule has 0 radical (unpaired) electrons. The Hall–Kier alpha value is -0.510. The van der Waals surface area contributed by atoms with Crippen molar-refractivity contribution < 1.29 is 0 Å². The first-order chi connectivity index (χ1) is 6.23. The number of nitriles is 1. The number of rotatable bonds is 4. The molecule has 0 rings (SSSR count). The highest BCUT2D eigenvalue weighted by Gasteiger charge is 2.30. The quantitative estimate of drug-likeness (QED) is 0.652. The van der Waals surface area contributed by atoms with Crippen LogP contribution in [0.3, 0.4) is 0 Å². The van der Waals surface area contributed by atoms with Gasteiger partial charge in [-0.3, -0.25) is 0 Å². The highest BCUT2D eigenvalue weighted by atomic mass is 14.4. The fourth-order valence-corrected chi connectivity index (χ4v) is 1.76. The van der Waals surface area contributed by atoms with Crippen LogP contribution in [0.15, 0.2) is 0 Å². The third-order valence-corrected chi connectivity index (χ3v) is 3.21. The molecular formula is C13H25N. The first-order valence-electron chi connectivity index (χ1n) is 5.60. The summed E-state index contributed by atoms with van der Waals surface area (Å²) in [6.45, 7) is 13.5. The number of nitrogens with zero attached hydrogens (tertiary/aromatic N) is 1. The molecule has 0 heterocycles. The maximum atomic E-state index is 8.84. The molecule has 0 aromatic heterocycles. The Morgan fingerprint density at radius 2 is 1.64 bits per heavy atom. The molecule has 82 valence electrons. The van der Waals surface area contributed by atoms with Crippen molar-refractivity contribution in [2.24, 2.45) is 16.7 Å². The summed E-state index contributed by atoms with van der Waals surface area (Å²) in [5.41, 5.74) is 0.622. The van der Waals surface area contributed by atoms with Crippen molar-refractivity contribution in [2.75, 3.05) is 0 Å². The van der Waals surface area contributed by atoms with Crippen LogP contribution in [0.1, 0.15) is 60.8 Å². The molecule has 0 aromatic rings. The second-order valence-electron chi connectivity index (χ2n) is 6.17. The van der Waals surface area contributed by atoms with E-state index in [0.29, 0.717) is 23.2 Å². The van der Waals surface area contributed by atoms with Crippen LogP contribution in [-0.4, -0.2) is 0 Å². The predicted molar refractivity (Wildman–Crippen MR) is 61.9 cm³/mol. The van der Waals surface area contributed by atoms with Gasteiger partial charge in [0, 0.05) is 6.42 Å². The van der Waals surface area contributed by atoms with E-state index in [0.717, 1.165) is 12.8 Å². The lowest BCUT2D eigenvalue weighted by atomic mass is 9.69. The Morgan fingerprint density at radius 1 is 1.14 bits per heavy atom. The molecule has 0 spiro atoms. The van der Waals surface area contributed by atoms with Crippen LogP contribution in [-0.2, 0) is 0 Å². The van der Waals surface area contributed by atoms with E-state index in [1.54, 1.807) is 0 Å². The smallest absolute Gasteiger partial charge is 0.0624 e. The maximum Gasteiger partial charge on any atom is 0.0624 e. The second-order valence-corrected chi connectivity index (χ2v) is 6.17. The van der Waals surface area contributed by atoms with E-state index >= 15 is 0 Å². The minimum Gasteiger partial charge on any atom is -0.198 e. The third kappa shape index (κ3) is 4.65. The van der Waals surface area contributed by atoms with Crippen LogP contribution in [0, 0.1) is 28.1 Å². The Morgan fingerprint density at radius 3 is 1.93 bits per heavy atom. The monoisotopic (exact) mass is 195 g/mol. The van der Waals surface area contributed by atoms with Gasteiger partial charge in [0.15, 0.2) is 0 Å². The minimum atomic E-state index is 0.295. The van der Waals surface area contributed by atoms with E-state index in [2.05, 4.69) is 47.6 Å². The molecular weight excluding hydrogens is 170 g/mol. The summed E-state index contributed by atoms with van der Waals surface area (Å²) in [6, 6.07) is 2.33. The van der Waals surface area contributed by atoms with Crippen LogP contribution < -0.4 is 0 Å². The number of hydrogen-bond acceptors (Lipinski definition) is 1. The summed E-state index contributed by atoms with van der Waals surface area (Å²) in [4.78, 5) is 0. The lowest BCUT2D eigenvalue weighted by molar-refractivity contribution is 0.145. The average molecular weight is 195 g/mol. The van der Waals surface area contributed by atoms with Gasteiger partial charge in [0.05, 0.1) is 6.07 Å². The van der Waals surface area contributed by atoms with Crippen LogP contribution in [0.25, 0.3) is 0 Å². The molecule has 0 aliphatic carbocycles. The first-order valence-corrected chi connectivity index (χ1v) is 5.60. The zero-order valence-electron chi connectivity index (χ0n) is 10.6. The van der Waals surface area contributed by atoms with Gasteiger partial charge in [0.2, 0.25) is 0 Å². The van der Waals surface area contributed by atoms with Gasteiger partial charge >= 0.3 is 0 Å².